The van der Waals surface area contributed by atoms with E-state index in [2.05, 4.69) is 17.0 Å². The summed E-state index contributed by atoms with van der Waals surface area (Å²) in [6, 6.07) is 8.71. The Bertz CT molecular complexity index is 443. The van der Waals surface area contributed by atoms with E-state index in [0.717, 1.165) is 24.9 Å². The van der Waals surface area contributed by atoms with E-state index in [1.165, 1.54) is 5.56 Å². The van der Waals surface area contributed by atoms with E-state index in [0.29, 0.717) is 19.1 Å². The first-order valence-corrected chi connectivity index (χ1v) is 6.82. The van der Waals surface area contributed by atoms with Crippen LogP contribution in [0.3, 0.4) is 0 Å². The summed E-state index contributed by atoms with van der Waals surface area (Å²) in [4.78, 5) is 15.9. The van der Waals surface area contributed by atoms with Gasteiger partial charge in [-0.05, 0) is 31.0 Å². The van der Waals surface area contributed by atoms with Gasteiger partial charge in [0.25, 0.3) is 0 Å². The fraction of sp³-hybridized carbons (Fsp3) is 0.533. The van der Waals surface area contributed by atoms with E-state index in [-0.39, 0.29) is 5.91 Å². The summed E-state index contributed by atoms with van der Waals surface area (Å²) in [6.45, 7) is 1.80. The van der Waals surface area contributed by atoms with Crippen LogP contribution in [0.25, 0.3) is 0 Å². The Labute approximate surface area is 115 Å². The standard InChI is InChI=1S/C15H23N3O/c1-17(11-15(19)18(2)14-6-7-14)10-13-5-3-4-12(8-13)9-16/h3-5,8,14H,6-7,9-11,16H2,1-2H3. The number of carbonyl (C=O) groups excluding carboxylic acids is 1. The zero-order valence-corrected chi connectivity index (χ0v) is 11.8. The van der Waals surface area contributed by atoms with Crippen LogP contribution >= 0.6 is 0 Å². The normalized spacial score (nSPS) is 14.7. The van der Waals surface area contributed by atoms with Gasteiger partial charge in [-0.25, -0.2) is 0 Å². The average Bonchev–Trinajstić information content (AvgIpc) is 3.22. The Morgan fingerprint density at radius 2 is 2.00 bits per heavy atom. The van der Waals surface area contributed by atoms with Crippen molar-refractivity contribution in [1.82, 2.24) is 9.80 Å². The second-order valence-corrected chi connectivity index (χ2v) is 5.43. The van der Waals surface area contributed by atoms with Crippen LogP contribution in [0, 0.1) is 0 Å². The quantitative estimate of drug-likeness (QED) is 0.837. The molecule has 0 aromatic heterocycles. The van der Waals surface area contributed by atoms with Crippen LogP contribution in [0.5, 0.6) is 0 Å². The molecule has 0 bridgehead atoms. The number of likely N-dealkylation sites (N-methyl/N-ethyl adjacent to an activating group) is 2. The third kappa shape index (κ3) is 4.04. The summed E-state index contributed by atoms with van der Waals surface area (Å²) in [5, 5.41) is 0. The van der Waals surface area contributed by atoms with Crippen molar-refractivity contribution < 1.29 is 4.79 Å². The van der Waals surface area contributed by atoms with E-state index in [9.17, 15) is 4.79 Å². The van der Waals surface area contributed by atoms with E-state index < -0.39 is 0 Å². The summed E-state index contributed by atoms with van der Waals surface area (Å²) < 4.78 is 0. The first-order valence-electron chi connectivity index (χ1n) is 6.82. The van der Waals surface area contributed by atoms with E-state index in [1.54, 1.807) is 0 Å². The molecule has 19 heavy (non-hydrogen) atoms. The van der Waals surface area contributed by atoms with Crippen LogP contribution < -0.4 is 5.73 Å². The van der Waals surface area contributed by atoms with Gasteiger partial charge in [-0.3, -0.25) is 9.69 Å². The molecule has 4 nitrogen and oxygen atoms in total. The third-order valence-corrected chi connectivity index (χ3v) is 3.57. The number of hydrogen-bond acceptors (Lipinski definition) is 3. The van der Waals surface area contributed by atoms with Gasteiger partial charge in [-0.2, -0.15) is 0 Å². The molecule has 0 aliphatic heterocycles. The van der Waals surface area contributed by atoms with Crippen molar-refractivity contribution in [3.63, 3.8) is 0 Å². The minimum absolute atomic E-state index is 0.208. The van der Waals surface area contributed by atoms with Crippen molar-refractivity contribution >= 4 is 5.91 Å². The topological polar surface area (TPSA) is 49.6 Å². The first kappa shape index (κ1) is 14.0. The summed E-state index contributed by atoms with van der Waals surface area (Å²) in [7, 11) is 3.89. The Balaban J connectivity index is 1.85. The number of amides is 1. The monoisotopic (exact) mass is 261 g/mol. The smallest absolute Gasteiger partial charge is 0.236 e. The zero-order valence-electron chi connectivity index (χ0n) is 11.8. The second kappa shape index (κ2) is 6.17. The summed E-state index contributed by atoms with van der Waals surface area (Å²) in [5.41, 5.74) is 7.97. The Kier molecular flexibility index (Phi) is 4.56. The summed E-state index contributed by atoms with van der Waals surface area (Å²) >= 11 is 0. The van der Waals surface area contributed by atoms with Gasteiger partial charge in [-0.15, -0.1) is 0 Å². The third-order valence-electron chi connectivity index (χ3n) is 3.57. The van der Waals surface area contributed by atoms with Gasteiger partial charge < -0.3 is 10.6 Å². The van der Waals surface area contributed by atoms with Gasteiger partial charge >= 0.3 is 0 Å². The molecule has 1 amide bonds. The van der Waals surface area contributed by atoms with Gasteiger partial charge in [0.1, 0.15) is 0 Å². The molecule has 1 aromatic carbocycles. The molecule has 0 radical (unpaired) electrons. The predicted molar refractivity (Wildman–Crippen MR) is 76.5 cm³/mol. The van der Waals surface area contributed by atoms with E-state index >= 15 is 0 Å². The molecule has 4 heteroatoms. The largest absolute Gasteiger partial charge is 0.342 e. The highest BCUT2D eigenvalue weighted by molar-refractivity contribution is 5.78. The Hall–Kier alpha value is -1.39. The molecule has 104 valence electrons. The molecule has 0 saturated heterocycles. The molecule has 1 aliphatic carbocycles. The van der Waals surface area contributed by atoms with Gasteiger partial charge in [-0.1, -0.05) is 24.3 Å². The number of carbonyl (C=O) groups is 1. The fourth-order valence-corrected chi connectivity index (χ4v) is 2.23. The number of rotatable bonds is 6. The van der Waals surface area contributed by atoms with Gasteiger partial charge in [0.2, 0.25) is 5.91 Å². The molecule has 0 unspecified atom stereocenters. The molecular weight excluding hydrogens is 238 g/mol. The van der Waals surface area contributed by atoms with Crippen LogP contribution in [0.1, 0.15) is 24.0 Å². The highest BCUT2D eigenvalue weighted by Crippen LogP contribution is 2.25. The maximum absolute atomic E-state index is 12.0. The second-order valence-electron chi connectivity index (χ2n) is 5.43. The van der Waals surface area contributed by atoms with Crippen LogP contribution in [0.15, 0.2) is 24.3 Å². The molecular formula is C15H23N3O. The van der Waals surface area contributed by atoms with Crippen LogP contribution in [-0.2, 0) is 17.9 Å². The van der Waals surface area contributed by atoms with Gasteiger partial charge in [0, 0.05) is 26.2 Å². The molecule has 0 atom stereocenters. The maximum atomic E-state index is 12.0. The molecule has 1 aliphatic rings. The lowest BCUT2D eigenvalue weighted by Crippen LogP contribution is -2.37. The van der Waals surface area contributed by atoms with Crippen molar-refractivity contribution in [2.75, 3.05) is 20.6 Å². The van der Waals surface area contributed by atoms with Gasteiger partial charge in [0.15, 0.2) is 0 Å². The number of nitrogens with zero attached hydrogens (tertiary/aromatic N) is 2. The zero-order chi connectivity index (χ0) is 13.8. The van der Waals surface area contributed by atoms with Crippen molar-refractivity contribution in [2.45, 2.75) is 32.0 Å². The van der Waals surface area contributed by atoms with Crippen LogP contribution in [0.2, 0.25) is 0 Å². The van der Waals surface area contributed by atoms with Crippen LogP contribution in [0.4, 0.5) is 0 Å². The average molecular weight is 261 g/mol. The molecule has 2 rings (SSSR count). The highest BCUT2D eigenvalue weighted by Gasteiger charge is 2.29. The Morgan fingerprint density at radius 3 is 2.63 bits per heavy atom. The van der Waals surface area contributed by atoms with Crippen molar-refractivity contribution in [2.24, 2.45) is 5.73 Å². The number of nitrogens with two attached hydrogens (primary N) is 1. The predicted octanol–water partition coefficient (Wildman–Crippen LogP) is 1.20. The molecule has 0 heterocycles. The minimum atomic E-state index is 0.208. The molecule has 1 fully saturated rings. The van der Waals surface area contributed by atoms with E-state index in [1.807, 2.05) is 31.1 Å². The molecule has 1 saturated carbocycles. The van der Waals surface area contributed by atoms with Crippen molar-refractivity contribution in [3.8, 4) is 0 Å². The fourth-order valence-electron chi connectivity index (χ4n) is 2.23. The SMILES string of the molecule is CN(CC(=O)N(C)C1CC1)Cc1cccc(CN)c1. The minimum Gasteiger partial charge on any atom is -0.342 e. The lowest BCUT2D eigenvalue weighted by molar-refractivity contribution is -0.131. The molecule has 0 spiro atoms. The molecule has 2 N–H and O–H groups in total. The van der Waals surface area contributed by atoms with E-state index in [4.69, 9.17) is 5.73 Å². The van der Waals surface area contributed by atoms with Crippen molar-refractivity contribution in [3.05, 3.63) is 35.4 Å². The van der Waals surface area contributed by atoms with Gasteiger partial charge in [0.05, 0.1) is 6.54 Å². The number of benzene rings is 1. The lowest BCUT2D eigenvalue weighted by Gasteiger charge is -2.21. The summed E-state index contributed by atoms with van der Waals surface area (Å²) in [6.07, 6.45) is 2.31. The summed E-state index contributed by atoms with van der Waals surface area (Å²) in [5.74, 6) is 0.208. The molecule has 1 aromatic rings. The Morgan fingerprint density at radius 1 is 1.32 bits per heavy atom. The maximum Gasteiger partial charge on any atom is 0.236 e. The van der Waals surface area contributed by atoms with Crippen molar-refractivity contribution in [1.29, 1.82) is 0 Å². The van der Waals surface area contributed by atoms with Crippen LogP contribution in [-0.4, -0.2) is 42.4 Å². The first-order chi connectivity index (χ1) is 9.10. The lowest BCUT2D eigenvalue weighted by atomic mass is 10.1. The highest BCUT2D eigenvalue weighted by atomic mass is 16.2. The number of hydrogen-bond donors (Lipinski definition) is 1.